The molecule has 0 aromatic heterocycles. The zero-order valence-corrected chi connectivity index (χ0v) is 12.8. The lowest BCUT2D eigenvalue weighted by molar-refractivity contribution is 0.372. The van der Waals surface area contributed by atoms with E-state index in [1.807, 2.05) is 0 Å². The molecule has 0 saturated heterocycles. The molecule has 0 heterocycles. The molecule has 0 spiro atoms. The van der Waals surface area contributed by atoms with E-state index >= 15 is 0 Å². The lowest BCUT2D eigenvalue weighted by Crippen LogP contribution is -2.23. The van der Waals surface area contributed by atoms with Gasteiger partial charge in [-0.1, -0.05) is 57.4 Å². The molecule has 2 rings (SSSR count). The van der Waals surface area contributed by atoms with Gasteiger partial charge >= 0.3 is 0 Å². The van der Waals surface area contributed by atoms with Crippen LogP contribution in [0.3, 0.4) is 0 Å². The van der Waals surface area contributed by atoms with Crippen molar-refractivity contribution in [2.75, 3.05) is 7.05 Å². The van der Waals surface area contributed by atoms with Crippen molar-refractivity contribution < 1.29 is 0 Å². The maximum Gasteiger partial charge on any atom is 0.0346 e. The number of hydrogen-bond donors (Lipinski definition) is 1. The molecule has 1 N–H and O–H groups in total. The Morgan fingerprint density at radius 2 is 1.89 bits per heavy atom. The summed E-state index contributed by atoms with van der Waals surface area (Å²) in [4.78, 5) is 0. The van der Waals surface area contributed by atoms with Gasteiger partial charge < -0.3 is 5.32 Å². The number of benzene rings is 1. The molecule has 0 radical (unpaired) electrons. The highest BCUT2D eigenvalue weighted by Gasteiger charge is 2.29. The SMILES string of the molecule is CCCc1ccc(C(NC)C2CCC(CC)C2)cc1. The van der Waals surface area contributed by atoms with Gasteiger partial charge in [0, 0.05) is 6.04 Å². The first-order chi connectivity index (χ1) is 9.28. The third-order valence-electron chi connectivity index (χ3n) is 4.82. The van der Waals surface area contributed by atoms with Crippen LogP contribution in [-0.4, -0.2) is 7.05 Å². The Kier molecular flexibility index (Phi) is 5.45. The Morgan fingerprint density at radius 1 is 1.16 bits per heavy atom. The van der Waals surface area contributed by atoms with Crippen molar-refractivity contribution >= 4 is 0 Å². The van der Waals surface area contributed by atoms with Crippen LogP contribution in [0.25, 0.3) is 0 Å². The minimum atomic E-state index is 0.548. The van der Waals surface area contributed by atoms with E-state index in [-0.39, 0.29) is 0 Å². The van der Waals surface area contributed by atoms with Crippen LogP contribution in [0, 0.1) is 11.8 Å². The molecule has 3 unspecified atom stereocenters. The molecule has 1 nitrogen and oxygen atoms in total. The zero-order valence-electron chi connectivity index (χ0n) is 12.8. The Balaban J connectivity index is 2.04. The highest BCUT2D eigenvalue weighted by atomic mass is 14.9. The van der Waals surface area contributed by atoms with Gasteiger partial charge in [0.05, 0.1) is 0 Å². The van der Waals surface area contributed by atoms with Crippen molar-refractivity contribution in [3.8, 4) is 0 Å². The molecule has 1 fully saturated rings. The van der Waals surface area contributed by atoms with Gasteiger partial charge in [-0.15, -0.1) is 0 Å². The van der Waals surface area contributed by atoms with Crippen molar-refractivity contribution in [2.24, 2.45) is 11.8 Å². The molecular weight excluding hydrogens is 230 g/mol. The lowest BCUT2D eigenvalue weighted by Gasteiger charge is -2.24. The van der Waals surface area contributed by atoms with Crippen LogP contribution < -0.4 is 5.32 Å². The van der Waals surface area contributed by atoms with Crippen molar-refractivity contribution in [3.05, 3.63) is 35.4 Å². The smallest absolute Gasteiger partial charge is 0.0346 e. The summed E-state index contributed by atoms with van der Waals surface area (Å²) in [6.07, 6.45) is 8.00. The first-order valence-corrected chi connectivity index (χ1v) is 8.04. The van der Waals surface area contributed by atoms with Crippen molar-refractivity contribution in [2.45, 2.75) is 58.4 Å². The first kappa shape index (κ1) is 14.6. The van der Waals surface area contributed by atoms with E-state index in [4.69, 9.17) is 0 Å². The average molecular weight is 259 g/mol. The summed E-state index contributed by atoms with van der Waals surface area (Å²) in [6, 6.07) is 9.86. The van der Waals surface area contributed by atoms with E-state index < -0.39 is 0 Å². The minimum Gasteiger partial charge on any atom is -0.313 e. The molecule has 1 heteroatoms. The fourth-order valence-corrected chi connectivity index (χ4v) is 3.64. The van der Waals surface area contributed by atoms with Crippen molar-refractivity contribution in [3.63, 3.8) is 0 Å². The van der Waals surface area contributed by atoms with Crippen LogP contribution >= 0.6 is 0 Å². The van der Waals surface area contributed by atoms with Crippen LogP contribution in [-0.2, 0) is 6.42 Å². The quantitative estimate of drug-likeness (QED) is 0.779. The second kappa shape index (κ2) is 7.09. The van der Waals surface area contributed by atoms with Gasteiger partial charge in [0.25, 0.3) is 0 Å². The summed E-state index contributed by atoms with van der Waals surface area (Å²) in [7, 11) is 2.11. The van der Waals surface area contributed by atoms with Crippen LogP contribution in [0.1, 0.15) is 63.1 Å². The number of rotatable bonds is 6. The van der Waals surface area contributed by atoms with Crippen molar-refractivity contribution in [1.82, 2.24) is 5.32 Å². The molecule has 1 aromatic carbocycles. The van der Waals surface area contributed by atoms with Gasteiger partial charge in [-0.2, -0.15) is 0 Å². The summed E-state index contributed by atoms with van der Waals surface area (Å²) in [5, 5.41) is 3.56. The Morgan fingerprint density at radius 3 is 2.42 bits per heavy atom. The summed E-state index contributed by atoms with van der Waals surface area (Å²) in [5.41, 5.74) is 2.95. The van der Waals surface area contributed by atoms with Gasteiger partial charge in [0.1, 0.15) is 0 Å². The van der Waals surface area contributed by atoms with Crippen LogP contribution in [0.4, 0.5) is 0 Å². The van der Waals surface area contributed by atoms with E-state index in [2.05, 4.69) is 50.5 Å². The normalized spacial score (nSPS) is 24.6. The Bertz CT molecular complexity index is 368. The topological polar surface area (TPSA) is 12.0 Å². The van der Waals surface area contributed by atoms with E-state index in [1.165, 1.54) is 49.7 Å². The van der Waals surface area contributed by atoms with E-state index in [1.54, 1.807) is 0 Å². The van der Waals surface area contributed by atoms with Crippen molar-refractivity contribution in [1.29, 1.82) is 0 Å². The molecule has 1 aromatic rings. The van der Waals surface area contributed by atoms with E-state index in [9.17, 15) is 0 Å². The highest BCUT2D eigenvalue weighted by molar-refractivity contribution is 5.26. The van der Waals surface area contributed by atoms with Gasteiger partial charge in [-0.3, -0.25) is 0 Å². The molecule has 0 amide bonds. The monoisotopic (exact) mass is 259 g/mol. The lowest BCUT2D eigenvalue weighted by atomic mass is 9.90. The van der Waals surface area contributed by atoms with Crippen LogP contribution in [0.5, 0.6) is 0 Å². The fraction of sp³-hybridized carbons (Fsp3) is 0.667. The summed E-state index contributed by atoms with van der Waals surface area (Å²) < 4.78 is 0. The average Bonchev–Trinajstić information content (AvgIpc) is 2.91. The van der Waals surface area contributed by atoms with Gasteiger partial charge in [-0.05, 0) is 49.3 Å². The predicted octanol–water partition coefficient (Wildman–Crippen LogP) is 4.73. The molecule has 1 aliphatic rings. The molecule has 1 aliphatic carbocycles. The largest absolute Gasteiger partial charge is 0.313 e. The Labute approximate surface area is 118 Å². The van der Waals surface area contributed by atoms with E-state index in [0.29, 0.717) is 6.04 Å². The molecule has 106 valence electrons. The first-order valence-electron chi connectivity index (χ1n) is 8.04. The minimum absolute atomic E-state index is 0.548. The fourth-order valence-electron chi connectivity index (χ4n) is 3.64. The van der Waals surface area contributed by atoms with Crippen LogP contribution in [0.15, 0.2) is 24.3 Å². The molecule has 3 atom stereocenters. The third kappa shape index (κ3) is 3.60. The third-order valence-corrected chi connectivity index (χ3v) is 4.82. The summed E-state index contributed by atoms with van der Waals surface area (Å²) >= 11 is 0. The second-order valence-corrected chi connectivity index (χ2v) is 6.11. The molecule has 0 bridgehead atoms. The maximum atomic E-state index is 3.56. The van der Waals surface area contributed by atoms with Gasteiger partial charge in [0.2, 0.25) is 0 Å². The zero-order chi connectivity index (χ0) is 13.7. The molecule has 1 saturated carbocycles. The molecular formula is C18H29N. The summed E-state index contributed by atoms with van der Waals surface area (Å²) in [5.74, 6) is 1.78. The van der Waals surface area contributed by atoms with Crippen LogP contribution in [0.2, 0.25) is 0 Å². The maximum absolute atomic E-state index is 3.56. The number of hydrogen-bond acceptors (Lipinski definition) is 1. The van der Waals surface area contributed by atoms with Gasteiger partial charge in [-0.25, -0.2) is 0 Å². The second-order valence-electron chi connectivity index (χ2n) is 6.11. The number of aryl methyl sites for hydroxylation is 1. The van der Waals surface area contributed by atoms with Gasteiger partial charge in [0.15, 0.2) is 0 Å². The molecule has 19 heavy (non-hydrogen) atoms. The predicted molar refractivity (Wildman–Crippen MR) is 83.4 cm³/mol. The Hall–Kier alpha value is -0.820. The standard InChI is InChI=1S/C18H29N/c1-4-6-15-8-10-16(11-9-15)18(19-3)17-12-7-14(5-2)13-17/h8-11,14,17-19H,4-7,12-13H2,1-3H3. The van der Waals surface area contributed by atoms with E-state index in [0.717, 1.165) is 11.8 Å². The highest BCUT2D eigenvalue weighted by Crippen LogP contribution is 2.40. The molecule has 0 aliphatic heterocycles. The summed E-state index contributed by atoms with van der Waals surface area (Å²) in [6.45, 7) is 4.58. The number of nitrogens with one attached hydrogen (secondary N) is 1.